The second-order valence-corrected chi connectivity index (χ2v) is 6.46. The van der Waals surface area contributed by atoms with Gasteiger partial charge in [-0.1, -0.05) is 36.4 Å². The first-order chi connectivity index (χ1) is 12.3. The number of aromatic nitrogens is 2. The SMILES string of the molecule is Cc1ccc(C(c2c[nH]c3ccccc23)c2c[nH]c3ccccc23)o1. The van der Waals surface area contributed by atoms with Gasteiger partial charge in [-0.05, 0) is 42.3 Å². The summed E-state index contributed by atoms with van der Waals surface area (Å²) in [6, 6.07) is 20.9. The van der Waals surface area contributed by atoms with Crippen molar-refractivity contribution in [1.29, 1.82) is 0 Å². The molecule has 3 nitrogen and oxygen atoms in total. The molecule has 3 aromatic heterocycles. The molecule has 0 amide bonds. The molecule has 3 heterocycles. The number of hydrogen-bond donors (Lipinski definition) is 2. The monoisotopic (exact) mass is 326 g/mol. The molecular formula is C22H18N2O. The second kappa shape index (κ2) is 5.42. The Morgan fingerprint density at radius 2 is 1.28 bits per heavy atom. The van der Waals surface area contributed by atoms with E-state index >= 15 is 0 Å². The van der Waals surface area contributed by atoms with Crippen molar-refractivity contribution in [3.8, 4) is 0 Å². The Morgan fingerprint density at radius 1 is 0.720 bits per heavy atom. The van der Waals surface area contributed by atoms with E-state index in [2.05, 4.69) is 77.0 Å². The number of nitrogens with one attached hydrogen (secondary N) is 2. The third-order valence-electron chi connectivity index (χ3n) is 4.91. The first kappa shape index (κ1) is 14.2. The van der Waals surface area contributed by atoms with E-state index in [1.807, 2.05) is 13.0 Å². The largest absolute Gasteiger partial charge is 0.465 e. The Morgan fingerprint density at radius 3 is 1.80 bits per heavy atom. The predicted octanol–water partition coefficient (Wildman–Crippen LogP) is 5.73. The van der Waals surface area contributed by atoms with Crippen LogP contribution in [0.15, 0.2) is 77.5 Å². The Balaban J connectivity index is 1.80. The van der Waals surface area contributed by atoms with Gasteiger partial charge >= 0.3 is 0 Å². The molecule has 5 aromatic rings. The molecule has 25 heavy (non-hydrogen) atoms. The van der Waals surface area contributed by atoms with Crippen molar-refractivity contribution in [2.24, 2.45) is 0 Å². The lowest BCUT2D eigenvalue weighted by molar-refractivity contribution is 0.479. The maximum atomic E-state index is 6.06. The highest BCUT2D eigenvalue weighted by molar-refractivity contribution is 5.88. The predicted molar refractivity (Wildman–Crippen MR) is 101 cm³/mol. The Labute approximate surface area is 145 Å². The van der Waals surface area contributed by atoms with Gasteiger partial charge < -0.3 is 14.4 Å². The fraction of sp³-hybridized carbons (Fsp3) is 0.0909. The Kier molecular flexibility index (Phi) is 3.07. The highest BCUT2D eigenvalue weighted by Gasteiger charge is 2.25. The van der Waals surface area contributed by atoms with Crippen LogP contribution in [0.3, 0.4) is 0 Å². The molecule has 0 saturated carbocycles. The van der Waals surface area contributed by atoms with Crippen LogP contribution in [0, 0.1) is 6.92 Å². The average molecular weight is 326 g/mol. The number of para-hydroxylation sites is 2. The topological polar surface area (TPSA) is 44.7 Å². The van der Waals surface area contributed by atoms with Crippen LogP contribution in [-0.2, 0) is 0 Å². The summed E-state index contributed by atoms with van der Waals surface area (Å²) in [6.07, 6.45) is 4.21. The summed E-state index contributed by atoms with van der Waals surface area (Å²) in [5.41, 5.74) is 4.75. The van der Waals surface area contributed by atoms with Crippen LogP contribution in [0.1, 0.15) is 28.6 Å². The van der Waals surface area contributed by atoms with Crippen molar-refractivity contribution in [2.45, 2.75) is 12.8 Å². The number of rotatable bonds is 3. The molecule has 122 valence electrons. The maximum absolute atomic E-state index is 6.06. The van der Waals surface area contributed by atoms with E-state index in [0.29, 0.717) is 0 Å². The zero-order valence-electron chi connectivity index (χ0n) is 13.9. The van der Waals surface area contributed by atoms with Gasteiger partial charge in [-0.15, -0.1) is 0 Å². The fourth-order valence-corrected chi connectivity index (χ4v) is 3.75. The summed E-state index contributed by atoms with van der Waals surface area (Å²) in [5.74, 6) is 1.94. The number of benzene rings is 2. The smallest absolute Gasteiger partial charge is 0.116 e. The summed E-state index contributed by atoms with van der Waals surface area (Å²) in [7, 11) is 0. The molecule has 0 fully saturated rings. The quantitative estimate of drug-likeness (QED) is 0.437. The lowest BCUT2D eigenvalue weighted by Gasteiger charge is -2.14. The van der Waals surface area contributed by atoms with Gasteiger partial charge in [0.2, 0.25) is 0 Å². The van der Waals surface area contributed by atoms with E-state index in [0.717, 1.165) is 22.6 Å². The van der Waals surface area contributed by atoms with Crippen molar-refractivity contribution in [1.82, 2.24) is 9.97 Å². The maximum Gasteiger partial charge on any atom is 0.116 e. The summed E-state index contributed by atoms with van der Waals surface area (Å²) >= 11 is 0. The molecule has 0 aliphatic carbocycles. The van der Waals surface area contributed by atoms with E-state index in [9.17, 15) is 0 Å². The number of aromatic amines is 2. The van der Waals surface area contributed by atoms with Crippen LogP contribution in [-0.4, -0.2) is 9.97 Å². The van der Waals surface area contributed by atoms with Crippen LogP contribution >= 0.6 is 0 Å². The zero-order valence-corrected chi connectivity index (χ0v) is 13.9. The van der Waals surface area contributed by atoms with E-state index < -0.39 is 0 Å². The highest BCUT2D eigenvalue weighted by atomic mass is 16.3. The molecule has 0 bridgehead atoms. The van der Waals surface area contributed by atoms with Gasteiger partial charge in [0.1, 0.15) is 11.5 Å². The molecule has 0 saturated heterocycles. The van der Waals surface area contributed by atoms with E-state index in [-0.39, 0.29) is 5.92 Å². The van der Waals surface area contributed by atoms with Crippen LogP contribution in [0.4, 0.5) is 0 Å². The van der Waals surface area contributed by atoms with E-state index in [4.69, 9.17) is 4.42 Å². The molecule has 0 spiro atoms. The third kappa shape index (κ3) is 2.20. The first-order valence-corrected chi connectivity index (χ1v) is 8.49. The molecule has 0 radical (unpaired) electrons. The van der Waals surface area contributed by atoms with Crippen molar-refractivity contribution < 1.29 is 4.42 Å². The van der Waals surface area contributed by atoms with Gasteiger partial charge in [0.15, 0.2) is 0 Å². The minimum Gasteiger partial charge on any atom is -0.465 e. The van der Waals surface area contributed by atoms with Crippen molar-refractivity contribution in [3.05, 3.63) is 95.7 Å². The molecule has 3 heteroatoms. The van der Waals surface area contributed by atoms with Crippen molar-refractivity contribution >= 4 is 21.8 Å². The molecule has 0 unspecified atom stereocenters. The van der Waals surface area contributed by atoms with Crippen molar-refractivity contribution in [3.63, 3.8) is 0 Å². The Hall–Kier alpha value is -3.20. The number of aryl methyl sites for hydroxylation is 1. The number of hydrogen-bond acceptors (Lipinski definition) is 1. The minimum absolute atomic E-state index is 0.0426. The fourth-order valence-electron chi connectivity index (χ4n) is 3.75. The third-order valence-corrected chi connectivity index (χ3v) is 4.91. The molecule has 0 atom stereocenters. The molecule has 5 rings (SSSR count). The van der Waals surface area contributed by atoms with Crippen LogP contribution in [0.5, 0.6) is 0 Å². The van der Waals surface area contributed by atoms with Gasteiger partial charge in [0.05, 0.1) is 5.92 Å². The zero-order chi connectivity index (χ0) is 16.8. The second-order valence-electron chi connectivity index (χ2n) is 6.46. The first-order valence-electron chi connectivity index (χ1n) is 8.49. The summed E-state index contributed by atoms with van der Waals surface area (Å²) in [5, 5.41) is 2.46. The van der Waals surface area contributed by atoms with E-state index in [1.165, 1.54) is 21.9 Å². The molecule has 0 aliphatic heterocycles. The summed E-state index contributed by atoms with van der Waals surface area (Å²) in [4.78, 5) is 6.81. The highest BCUT2D eigenvalue weighted by Crippen LogP contribution is 2.39. The van der Waals surface area contributed by atoms with Gasteiger partial charge in [0.25, 0.3) is 0 Å². The molecule has 2 N–H and O–H groups in total. The lowest BCUT2D eigenvalue weighted by Crippen LogP contribution is -2.01. The normalized spacial score (nSPS) is 11.8. The van der Waals surface area contributed by atoms with Gasteiger partial charge in [-0.3, -0.25) is 0 Å². The molecule has 0 aliphatic rings. The molecular weight excluding hydrogens is 308 g/mol. The minimum atomic E-state index is 0.0426. The number of fused-ring (bicyclic) bond motifs is 2. The van der Waals surface area contributed by atoms with Gasteiger partial charge in [-0.25, -0.2) is 0 Å². The van der Waals surface area contributed by atoms with Gasteiger partial charge in [-0.2, -0.15) is 0 Å². The van der Waals surface area contributed by atoms with Crippen LogP contribution in [0.25, 0.3) is 21.8 Å². The lowest BCUT2D eigenvalue weighted by atomic mass is 9.88. The number of H-pyrrole nitrogens is 2. The summed E-state index contributed by atoms with van der Waals surface area (Å²) in [6.45, 7) is 1.99. The molecule has 2 aromatic carbocycles. The number of furan rings is 1. The van der Waals surface area contributed by atoms with E-state index in [1.54, 1.807) is 0 Å². The van der Waals surface area contributed by atoms with Crippen LogP contribution in [0.2, 0.25) is 0 Å². The van der Waals surface area contributed by atoms with Crippen molar-refractivity contribution in [2.75, 3.05) is 0 Å². The summed E-state index contributed by atoms with van der Waals surface area (Å²) < 4.78 is 6.06. The standard InChI is InChI=1S/C22H18N2O/c1-14-10-11-21(25-14)22(17-12-23-19-8-4-2-6-15(17)19)18-13-24-20-9-5-3-7-16(18)20/h2-13,22-24H,1H3. The van der Waals surface area contributed by atoms with Crippen LogP contribution < -0.4 is 0 Å². The van der Waals surface area contributed by atoms with Gasteiger partial charge in [0, 0.05) is 34.2 Å². The Bertz CT molecular complexity index is 1100. The average Bonchev–Trinajstić information content (AvgIpc) is 3.36.